The normalized spacial score (nSPS) is 12.6. The second-order valence-corrected chi connectivity index (χ2v) is 9.54. The van der Waals surface area contributed by atoms with Crippen LogP contribution in [-0.4, -0.2) is 36.8 Å². The van der Waals surface area contributed by atoms with Crippen LogP contribution in [0.2, 0.25) is 0 Å². The number of nitrogens with one attached hydrogen (secondary N) is 1. The molecule has 2 heterocycles. The predicted octanol–water partition coefficient (Wildman–Crippen LogP) is 2.89. The fourth-order valence-electron chi connectivity index (χ4n) is 2.88. The van der Waals surface area contributed by atoms with Crippen LogP contribution in [0.4, 0.5) is 5.69 Å². The minimum Gasteiger partial charge on any atom is -0.345 e. The number of carbonyl (C=O) groups excluding carboxylic acids is 1. The van der Waals surface area contributed by atoms with Gasteiger partial charge in [-0.15, -0.1) is 11.3 Å². The number of anilines is 1. The van der Waals surface area contributed by atoms with Crippen LogP contribution >= 0.6 is 11.3 Å². The van der Waals surface area contributed by atoms with Gasteiger partial charge in [0.2, 0.25) is 27.6 Å². The second kappa shape index (κ2) is 8.34. The summed E-state index contributed by atoms with van der Waals surface area (Å²) in [6.45, 7) is 5.23. The van der Waals surface area contributed by atoms with E-state index in [2.05, 4.69) is 15.5 Å². The lowest BCUT2D eigenvalue weighted by Gasteiger charge is -2.29. The molecule has 0 aliphatic heterocycles. The zero-order valence-corrected chi connectivity index (χ0v) is 18.2. The molecule has 0 fully saturated rings. The van der Waals surface area contributed by atoms with Crippen LogP contribution in [0.25, 0.3) is 10.7 Å². The van der Waals surface area contributed by atoms with E-state index in [9.17, 15) is 13.2 Å². The first-order valence-corrected chi connectivity index (χ1v) is 11.6. The Morgan fingerprint density at radius 1 is 1.31 bits per heavy atom. The van der Waals surface area contributed by atoms with Crippen LogP contribution in [0.15, 0.2) is 40.2 Å². The summed E-state index contributed by atoms with van der Waals surface area (Å²) in [6.07, 6.45) is 1.09. The average Bonchev–Trinajstić information content (AvgIpc) is 3.32. The van der Waals surface area contributed by atoms with E-state index in [-0.39, 0.29) is 12.4 Å². The summed E-state index contributed by atoms with van der Waals surface area (Å²) >= 11 is 1.48. The van der Waals surface area contributed by atoms with Gasteiger partial charge in [-0.25, -0.2) is 8.42 Å². The van der Waals surface area contributed by atoms with Crippen LogP contribution in [0, 0.1) is 13.8 Å². The van der Waals surface area contributed by atoms with E-state index < -0.39 is 22.0 Å². The average molecular weight is 435 g/mol. The smallest absolute Gasteiger partial charge is 0.246 e. The molecule has 0 spiro atoms. The van der Waals surface area contributed by atoms with Gasteiger partial charge < -0.3 is 9.84 Å². The quantitative estimate of drug-likeness (QED) is 0.613. The minimum absolute atomic E-state index is 0.00590. The molecular weight excluding hydrogens is 412 g/mol. The molecule has 8 nitrogen and oxygen atoms in total. The maximum atomic E-state index is 12.7. The van der Waals surface area contributed by atoms with Crippen molar-refractivity contribution in [3.05, 3.63) is 52.7 Å². The Morgan fingerprint density at radius 3 is 2.72 bits per heavy atom. The van der Waals surface area contributed by atoms with Gasteiger partial charge in [0.25, 0.3) is 0 Å². The molecule has 1 atom stereocenters. The van der Waals surface area contributed by atoms with Gasteiger partial charge in [-0.3, -0.25) is 9.10 Å². The number of sulfonamides is 1. The van der Waals surface area contributed by atoms with Crippen molar-refractivity contribution in [1.29, 1.82) is 0 Å². The molecule has 0 radical (unpaired) electrons. The lowest BCUT2D eigenvalue weighted by atomic mass is 10.1. The fourth-order valence-corrected chi connectivity index (χ4v) is 4.75. The topological polar surface area (TPSA) is 105 Å². The minimum atomic E-state index is -3.69. The molecule has 1 N–H and O–H groups in total. The summed E-state index contributed by atoms with van der Waals surface area (Å²) in [7, 11) is -3.69. The molecule has 0 saturated heterocycles. The monoisotopic (exact) mass is 434 g/mol. The molecular formula is C19H22N4O4S2. The largest absolute Gasteiger partial charge is 0.345 e. The highest BCUT2D eigenvalue weighted by molar-refractivity contribution is 7.92. The van der Waals surface area contributed by atoms with E-state index in [4.69, 9.17) is 4.52 Å². The molecule has 29 heavy (non-hydrogen) atoms. The third-order valence-corrected chi connectivity index (χ3v) is 6.41. The lowest BCUT2D eigenvalue weighted by Crippen LogP contribution is -2.48. The number of amides is 1. The number of carbonyl (C=O) groups is 1. The van der Waals surface area contributed by atoms with Crippen molar-refractivity contribution in [2.45, 2.75) is 33.4 Å². The molecule has 2 aromatic heterocycles. The molecule has 1 aromatic carbocycles. The van der Waals surface area contributed by atoms with Gasteiger partial charge in [-0.1, -0.05) is 23.4 Å². The highest BCUT2D eigenvalue weighted by Crippen LogP contribution is 2.26. The van der Waals surface area contributed by atoms with E-state index >= 15 is 0 Å². The highest BCUT2D eigenvalue weighted by Gasteiger charge is 2.30. The van der Waals surface area contributed by atoms with Crippen molar-refractivity contribution in [2.75, 3.05) is 10.6 Å². The van der Waals surface area contributed by atoms with Crippen molar-refractivity contribution in [3.63, 3.8) is 0 Å². The SMILES string of the molecule is Cc1ccc(C)c(N(C(C)C(=O)NCc2nc(-c3cccs3)no2)S(C)(=O)=O)c1. The van der Waals surface area contributed by atoms with E-state index in [0.717, 1.165) is 26.6 Å². The molecule has 1 amide bonds. The fraction of sp³-hybridized carbons (Fsp3) is 0.316. The van der Waals surface area contributed by atoms with Gasteiger partial charge >= 0.3 is 0 Å². The Bertz CT molecular complexity index is 1110. The summed E-state index contributed by atoms with van der Waals surface area (Å²) in [5.41, 5.74) is 2.14. The van der Waals surface area contributed by atoms with Crippen molar-refractivity contribution < 1.29 is 17.7 Å². The van der Waals surface area contributed by atoms with Gasteiger partial charge in [0.15, 0.2) is 0 Å². The maximum absolute atomic E-state index is 12.7. The van der Waals surface area contributed by atoms with Crippen LogP contribution in [0.5, 0.6) is 0 Å². The lowest BCUT2D eigenvalue weighted by molar-refractivity contribution is -0.122. The Morgan fingerprint density at radius 2 is 2.07 bits per heavy atom. The van der Waals surface area contributed by atoms with Gasteiger partial charge in [0.05, 0.1) is 23.4 Å². The molecule has 3 aromatic rings. The summed E-state index contributed by atoms with van der Waals surface area (Å²) in [4.78, 5) is 17.8. The van der Waals surface area contributed by atoms with Crippen molar-refractivity contribution in [2.24, 2.45) is 0 Å². The number of thiophene rings is 1. The van der Waals surface area contributed by atoms with Gasteiger partial charge in [-0.05, 0) is 49.4 Å². The maximum Gasteiger partial charge on any atom is 0.246 e. The number of benzene rings is 1. The number of nitrogens with zero attached hydrogens (tertiary/aromatic N) is 3. The van der Waals surface area contributed by atoms with Crippen LogP contribution < -0.4 is 9.62 Å². The second-order valence-electron chi connectivity index (χ2n) is 6.73. The van der Waals surface area contributed by atoms with Crippen LogP contribution in [0.1, 0.15) is 23.9 Å². The number of hydrogen-bond donors (Lipinski definition) is 1. The summed E-state index contributed by atoms with van der Waals surface area (Å²) in [6, 6.07) is 8.28. The molecule has 154 valence electrons. The number of aromatic nitrogens is 2. The molecule has 1 unspecified atom stereocenters. The molecule has 0 aliphatic carbocycles. The number of aryl methyl sites for hydroxylation is 2. The number of hydrogen-bond acceptors (Lipinski definition) is 7. The predicted molar refractivity (Wildman–Crippen MR) is 112 cm³/mol. The van der Waals surface area contributed by atoms with E-state index in [1.807, 2.05) is 43.5 Å². The number of rotatable bonds is 7. The zero-order valence-electron chi connectivity index (χ0n) is 16.5. The Labute approximate surface area is 173 Å². The van der Waals surface area contributed by atoms with Crippen molar-refractivity contribution in [1.82, 2.24) is 15.5 Å². The molecule has 0 bridgehead atoms. The van der Waals surface area contributed by atoms with Crippen molar-refractivity contribution in [3.8, 4) is 10.7 Å². The van der Waals surface area contributed by atoms with E-state index in [1.165, 1.54) is 11.3 Å². The first kappa shape index (κ1) is 21.0. The van der Waals surface area contributed by atoms with Crippen LogP contribution in [0.3, 0.4) is 0 Å². The zero-order chi connectivity index (χ0) is 21.2. The van der Waals surface area contributed by atoms with E-state index in [1.54, 1.807) is 13.0 Å². The van der Waals surface area contributed by atoms with Gasteiger partial charge in [0.1, 0.15) is 6.04 Å². The van der Waals surface area contributed by atoms with Crippen molar-refractivity contribution >= 4 is 33.0 Å². The summed E-state index contributed by atoms with van der Waals surface area (Å²) in [5, 5.41) is 8.47. The van der Waals surface area contributed by atoms with Gasteiger partial charge in [-0.2, -0.15) is 4.98 Å². The highest BCUT2D eigenvalue weighted by atomic mass is 32.2. The third kappa shape index (κ3) is 4.83. The molecule has 3 rings (SSSR count). The Kier molecular flexibility index (Phi) is 6.04. The standard InChI is InChI=1S/C19H22N4O4S2/c1-12-7-8-13(2)15(10-12)23(29(4,25)26)14(3)19(24)20-11-17-21-18(22-27-17)16-6-5-9-28-16/h5-10,14H,11H2,1-4H3,(H,20,24). The first-order valence-electron chi connectivity index (χ1n) is 8.87. The third-order valence-electron chi connectivity index (χ3n) is 4.31. The summed E-state index contributed by atoms with van der Waals surface area (Å²) in [5.74, 6) is 0.226. The first-order chi connectivity index (χ1) is 13.7. The van der Waals surface area contributed by atoms with Gasteiger partial charge in [0, 0.05) is 0 Å². The summed E-state index contributed by atoms with van der Waals surface area (Å²) < 4.78 is 31.2. The van der Waals surface area contributed by atoms with Crippen LogP contribution in [-0.2, 0) is 21.4 Å². The Balaban J connectivity index is 1.75. The van der Waals surface area contributed by atoms with E-state index in [0.29, 0.717) is 11.5 Å². The molecule has 0 aliphatic rings. The molecule has 0 saturated carbocycles. The molecule has 10 heteroatoms. The Hall–Kier alpha value is -2.72.